The Balaban J connectivity index is 1.80. The molecule has 0 amide bonds. The zero-order chi connectivity index (χ0) is 10.5. The minimum atomic E-state index is 0.0363. The fourth-order valence-corrected chi connectivity index (χ4v) is 2.53. The third kappa shape index (κ3) is 3.01. The van der Waals surface area contributed by atoms with E-state index >= 15 is 0 Å². The molecule has 2 rings (SSSR count). The lowest BCUT2D eigenvalue weighted by Gasteiger charge is -2.17. The Morgan fingerprint density at radius 2 is 2.60 bits per heavy atom. The van der Waals surface area contributed by atoms with Crippen LogP contribution < -0.4 is 5.73 Å². The molecule has 3 nitrogen and oxygen atoms in total. The molecule has 0 radical (unpaired) electrons. The molecule has 0 saturated carbocycles. The third-order valence-electron chi connectivity index (χ3n) is 2.58. The Morgan fingerprint density at radius 1 is 1.67 bits per heavy atom. The normalized spacial score (nSPS) is 23.1. The number of thiophene rings is 1. The summed E-state index contributed by atoms with van der Waals surface area (Å²) in [5, 5.41) is 2.05. The standard InChI is InChI=1S/C11H17NO2S/c12-7-10(11-4-2-6-15-11)14-8-9-3-1-5-13-9/h2,4,6,9-10H,1,3,5,7-8,12H2. The van der Waals surface area contributed by atoms with Crippen LogP contribution in [-0.4, -0.2) is 25.9 Å². The Morgan fingerprint density at radius 3 is 3.20 bits per heavy atom. The first-order valence-electron chi connectivity index (χ1n) is 5.37. The summed E-state index contributed by atoms with van der Waals surface area (Å²) in [5.74, 6) is 0. The molecule has 4 heteroatoms. The molecule has 84 valence electrons. The van der Waals surface area contributed by atoms with Crippen molar-refractivity contribution in [2.24, 2.45) is 5.73 Å². The number of hydrogen-bond donors (Lipinski definition) is 1. The maximum Gasteiger partial charge on any atom is 0.104 e. The number of hydrogen-bond acceptors (Lipinski definition) is 4. The highest BCUT2D eigenvalue weighted by Crippen LogP contribution is 2.23. The zero-order valence-corrected chi connectivity index (χ0v) is 9.54. The maximum atomic E-state index is 5.78. The molecule has 2 atom stereocenters. The maximum absolute atomic E-state index is 5.78. The van der Waals surface area contributed by atoms with Gasteiger partial charge in [0.1, 0.15) is 6.10 Å². The highest BCUT2D eigenvalue weighted by molar-refractivity contribution is 7.10. The van der Waals surface area contributed by atoms with Crippen LogP contribution in [0.15, 0.2) is 17.5 Å². The van der Waals surface area contributed by atoms with E-state index in [2.05, 4.69) is 6.07 Å². The van der Waals surface area contributed by atoms with Gasteiger partial charge in [-0.3, -0.25) is 0 Å². The summed E-state index contributed by atoms with van der Waals surface area (Å²) in [6, 6.07) is 4.09. The van der Waals surface area contributed by atoms with E-state index in [-0.39, 0.29) is 12.2 Å². The highest BCUT2D eigenvalue weighted by Gasteiger charge is 2.18. The Kier molecular flexibility index (Phi) is 4.14. The molecule has 0 aliphatic carbocycles. The Bertz CT molecular complexity index is 270. The fourth-order valence-electron chi connectivity index (χ4n) is 1.74. The minimum Gasteiger partial charge on any atom is -0.376 e. The lowest BCUT2D eigenvalue weighted by molar-refractivity contribution is -0.0169. The summed E-state index contributed by atoms with van der Waals surface area (Å²) in [5.41, 5.74) is 5.69. The van der Waals surface area contributed by atoms with E-state index in [4.69, 9.17) is 15.2 Å². The molecule has 0 aromatic carbocycles. The smallest absolute Gasteiger partial charge is 0.104 e. The second kappa shape index (κ2) is 5.61. The average molecular weight is 227 g/mol. The molecule has 1 saturated heterocycles. The van der Waals surface area contributed by atoms with E-state index in [1.165, 1.54) is 4.88 Å². The molecule has 0 bridgehead atoms. The van der Waals surface area contributed by atoms with Crippen LogP contribution in [0.4, 0.5) is 0 Å². The van der Waals surface area contributed by atoms with Gasteiger partial charge < -0.3 is 15.2 Å². The second-order valence-electron chi connectivity index (χ2n) is 3.71. The zero-order valence-electron chi connectivity index (χ0n) is 8.72. The molecule has 1 aliphatic heterocycles. The van der Waals surface area contributed by atoms with Gasteiger partial charge in [-0.2, -0.15) is 0 Å². The van der Waals surface area contributed by atoms with Crippen molar-refractivity contribution in [3.05, 3.63) is 22.4 Å². The van der Waals surface area contributed by atoms with Gasteiger partial charge in [0.15, 0.2) is 0 Å². The Hall–Kier alpha value is -0.420. The largest absolute Gasteiger partial charge is 0.376 e. The van der Waals surface area contributed by atoms with Crippen LogP contribution in [0.1, 0.15) is 23.8 Å². The van der Waals surface area contributed by atoms with Crippen molar-refractivity contribution in [1.82, 2.24) is 0 Å². The third-order valence-corrected chi connectivity index (χ3v) is 3.55. The van der Waals surface area contributed by atoms with E-state index in [1.54, 1.807) is 11.3 Å². The van der Waals surface area contributed by atoms with Gasteiger partial charge in [0.25, 0.3) is 0 Å². The van der Waals surface area contributed by atoms with E-state index in [9.17, 15) is 0 Å². The predicted molar refractivity (Wildman–Crippen MR) is 61.0 cm³/mol. The minimum absolute atomic E-state index is 0.0363. The quantitative estimate of drug-likeness (QED) is 0.836. The summed E-state index contributed by atoms with van der Waals surface area (Å²) in [6.45, 7) is 2.08. The first kappa shape index (κ1) is 11.1. The van der Waals surface area contributed by atoms with Crippen molar-refractivity contribution in [2.45, 2.75) is 25.0 Å². The van der Waals surface area contributed by atoms with Crippen molar-refractivity contribution in [3.8, 4) is 0 Å². The van der Waals surface area contributed by atoms with Gasteiger partial charge >= 0.3 is 0 Å². The second-order valence-corrected chi connectivity index (χ2v) is 4.69. The molecule has 1 aromatic rings. The van der Waals surface area contributed by atoms with Gasteiger partial charge in [0.05, 0.1) is 12.7 Å². The molecule has 15 heavy (non-hydrogen) atoms. The molecule has 0 spiro atoms. The first-order chi connectivity index (χ1) is 7.40. The molecule has 2 N–H and O–H groups in total. The molecular formula is C11H17NO2S. The predicted octanol–water partition coefficient (Wildman–Crippen LogP) is 1.94. The van der Waals surface area contributed by atoms with Gasteiger partial charge in [0.2, 0.25) is 0 Å². The summed E-state index contributed by atoms with van der Waals surface area (Å²) < 4.78 is 11.3. The van der Waals surface area contributed by atoms with Crippen molar-refractivity contribution in [3.63, 3.8) is 0 Å². The number of rotatable bonds is 5. The average Bonchev–Trinajstić information content (AvgIpc) is 2.90. The van der Waals surface area contributed by atoms with Gasteiger partial charge in [0, 0.05) is 18.0 Å². The Labute approximate surface area is 94.2 Å². The van der Waals surface area contributed by atoms with Crippen LogP contribution >= 0.6 is 11.3 Å². The van der Waals surface area contributed by atoms with Crippen molar-refractivity contribution in [1.29, 1.82) is 0 Å². The number of nitrogens with two attached hydrogens (primary N) is 1. The van der Waals surface area contributed by atoms with Crippen LogP contribution in [0, 0.1) is 0 Å². The van der Waals surface area contributed by atoms with Gasteiger partial charge in [-0.1, -0.05) is 6.07 Å². The molecule has 1 fully saturated rings. The van der Waals surface area contributed by atoms with Crippen LogP contribution in [0.3, 0.4) is 0 Å². The lowest BCUT2D eigenvalue weighted by Crippen LogP contribution is -2.21. The molecule has 2 unspecified atom stereocenters. The van der Waals surface area contributed by atoms with Crippen molar-refractivity contribution >= 4 is 11.3 Å². The van der Waals surface area contributed by atoms with Crippen molar-refractivity contribution < 1.29 is 9.47 Å². The first-order valence-corrected chi connectivity index (χ1v) is 6.25. The van der Waals surface area contributed by atoms with E-state index in [1.807, 2.05) is 11.4 Å². The molecule has 1 aromatic heterocycles. The van der Waals surface area contributed by atoms with Crippen LogP contribution in [0.25, 0.3) is 0 Å². The molecule has 2 heterocycles. The number of ether oxygens (including phenoxy) is 2. The van der Waals surface area contributed by atoms with Crippen LogP contribution in [0.5, 0.6) is 0 Å². The molecular weight excluding hydrogens is 210 g/mol. The fraction of sp³-hybridized carbons (Fsp3) is 0.636. The van der Waals surface area contributed by atoms with E-state index in [0.29, 0.717) is 13.2 Å². The van der Waals surface area contributed by atoms with Crippen LogP contribution in [0.2, 0.25) is 0 Å². The highest BCUT2D eigenvalue weighted by atomic mass is 32.1. The van der Waals surface area contributed by atoms with Crippen LogP contribution in [-0.2, 0) is 9.47 Å². The monoisotopic (exact) mass is 227 g/mol. The summed E-state index contributed by atoms with van der Waals surface area (Å²) >= 11 is 1.69. The lowest BCUT2D eigenvalue weighted by atomic mass is 10.2. The van der Waals surface area contributed by atoms with Gasteiger partial charge in [-0.25, -0.2) is 0 Å². The van der Waals surface area contributed by atoms with E-state index in [0.717, 1.165) is 19.4 Å². The summed E-state index contributed by atoms with van der Waals surface area (Å²) in [6.07, 6.45) is 2.58. The molecule has 1 aliphatic rings. The van der Waals surface area contributed by atoms with E-state index < -0.39 is 0 Å². The van der Waals surface area contributed by atoms with Gasteiger partial charge in [-0.05, 0) is 24.3 Å². The van der Waals surface area contributed by atoms with Gasteiger partial charge in [-0.15, -0.1) is 11.3 Å². The van der Waals surface area contributed by atoms with Crippen molar-refractivity contribution in [2.75, 3.05) is 19.8 Å². The summed E-state index contributed by atoms with van der Waals surface area (Å²) in [7, 11) is 0. The topological polar surface area (TPSA) is 44.5 Å². The SMILES string of the molecule is NCC(OCC1CCCO1)c1cccs1. The summed E-state index contributed by atoms with van der Waals surface area (Å²) in [4.78, 5) is 1.20.